The molecule has 2 unspecified atom stereocenters. The Morgan fingerprint density at radius 2 is 1.54 bits per heavy atom. The lowest BCUT2D eigenvalue weighted by Crippen LogP contribution is -2.48. The van der Waals surface area contributed by atoms with Gasteiger partial charge >= 0.3 is 0 Å². The number of hydrogen-bond donors (Lipinski definition) is 1. The van der Waals surface area contributed by atoms with Gasteiger partial charge in [0.05, 0.1) is 5.56 Å². The second kappa shape index (κ2) is 7.22. The zero-order chi connectivity index (χ0) is 23.9. The molecule has 172 valence electrons. The largest absolute Gasteiger partial charge is 0.396 e. The lowest BCUT2D eigenvalue weighted by atomic mass is 9.74. The van der Waals surface area contributed by atoms with Crippen LogP contribution in [0.5, 0.6) is 0 Å². The van der Waals surface area contributed by atoms with Crippen LogP contribution in [0.1, 0.15) is 55.8 Å². The van der Waals surface area contributed by atoms with Crippen molar-refractivity contribution < 1.29 is 9.67 Å². The number of hydrogen-bond acceptors (Lipinski definition) is 2. The first kappa shape index (κ1) is 20.8. The second-order valence-corrected chi connectivity index (χ2v) is 10.7. The number of aliphatic hydroxyl groups is 1. The standard InChI is InChI=1S/C32H29N2O/c1-19-22(16-17-35)25-14-12-20-8-4-6-10-23(20)27(25)31-29-30(33-18-34(19)31)26-15-13-21-9-5-7-11-24(21)28(26)32(29,2)3/h4-15,18-19,22,35H,16-17H2,1-3H3/q+1. The van der Waals surface area contributed by atoms with Gasteiger partial charge in [0.25, 0.3) is 6.33 Å². The van der Waals surface area contributed by atoms with Crippen LogP contribution in [0.2, 0.25) is 0 Å². The summed E-state index contributed by atoms with van der Waals surface area (Å²) in [6.07, 6.45) is 2.79. The fraction of sp³-hybridized carbons (Fsp3) is 0.250. The number of aliphatic hydroxyl groups excluding tert-OH is 1. The highest BCUT2D eigenvalue weighted by molar-refractivity contribution is 6.02. The van der Waals surface area contributed by atoms with Crippen LogP contribution in [-0.4, -0.2) is 16.7 Å². The van der Waals surface area contributed by atoms with Crippen molar-refractivity contribution in [1.82, 2.24) is 4.98 Å². The SMILES string of the molecule is CC1C(CCO)c2ccc3ccccc3c2-c2c3c(nc[n+]21)-c1ccc2ccccc2c1C3(C)C. The average molecular weight is 458 g/mol. The van der Waals surface area contributed by atoms with Crippen LogP contribution in [0.3, 0.4) is 0 Å². The monoisotopic (exact) mass is 457 g/mol. The molecule has 0 saturated carbocycles. The Labute approximate surface area is 205 Å². The van der Waals surface area contributed by atoms with Gasteiger partial charge in [-0.05, 0) is 57.1 Å². The fourth-order valence-corrected chi connectivity index (χ4v) is 6.96. The molecule has 3 nitrogen and oxygen atoms in total. The van der Waals surface area contributed by atoms with Gasteiger partial charge in [-0.1, -0.05) is 80.6 Å². The first-order valence-electron chi connectivity index (χ1n) is 12.6. The molecular weight excluding hydrogens is 428 g/mol. The van der Waals surface area contributed by atoms with E-state index in [1.165, 1.54) is 55.1 Å². The van der Waals surface area contributed by atoms with Crippen molar-refractivity contribution in [1.29, 1.82) is 0 Å². The molecule has 0 amide bonds. The van der Waals surface area contributed by atoms with Crippen LogP contribution in [0.4, 0.5) is 0 Å². The van der Waals surface area contributed by atoms with Crippen molar-refractivity contribution in [2.75, 3.05) is 6.61 Å². The lowest BCUT2D eigenvalue weighted by molar-refractivity contribution is -0.717. The van der Waals surface area contributed by atoms with Crippen LogP contribution in [0, 0.1) is 0 Å². The maximum atomic E-state index is 9.96. The van der Waals surface area contributed by atoms with Crippen LogP contribution >= 0.6 is 0 Å². The first-order valence-corrected chi connectivity index (χ1v) is 12.6. The van der Waals surface area contributed by atoms with Crippen molar-refractivity contribution in [2.24, 2.45) is 0 Å². The summed E-state index contributed by atoms with van der Waals surface area (Å²) >= 11 is 0. The molecule has 1 aliphatic carbocycles. The van der Waals surface area contributed by atoms with Crippen LogP contribution in [0.25, 0.3) is 44.1 Å². The van der Waals surface area contributed by atoms with Gasteiger partial charge in [-0.15, -0.1) is 0 Å². The third kappa shape index (κ3) is 2.65. The molecule has 7 rings (SSSR count). The summed E-state index contributed by atoms with van der Waals surface area (Å²) in [7, 11) is 0. The highest BCUT2D eigenvalue weighted by atomic mass is 16.3. The number of fused-ring (bicyclic) bond motifs is 11. The van der Waals surface area contributed by atoms with Gasteiger partial charge in [0, 0.05) is 29.1 Å². The van der Waals surface area contributed by atoms with Crippen molar-refractivity contribution in [3.63, 3.8) is 0 Å². The summed E-state index contributed by atoms with van der Waals surface area (Å²) in [5.41, 5.74) is 8.78. The Morgan fingerprint density at radius 3 is 2.31 bits per heavy atom. The minimum absolute atomic E-state index is 0.179. The van der Waals surface area contributed by atoms with Gasteiger partial charge in [-0.25, -0.2) is 4.57 Å². The van der Waals surface area contributed by atoms with Crippen molar-refractivity contribution in [3.05, 3.63) is 95.8 Å². The molecule has 2 atom stereocenters. The average Bonchev–Trinajstić information content (AvgIpc) is 3.12. The number of rotatable bonds is 2. The molecule has 0 bridgehead atoms. The van der Waals surface area contributed by atoms with Crippen molar-refractivity contribution in [3.8, 4) is 22.5 Å². The van der Waals surface area contributed by atoms with Crippen molar-refractivity contribution in [2.45, 2.75) is 44.6 Å². The van der Waals surface area contributed by atoms with Crippen molar-refractivity contribution >= 4 is 21.5 Å². The summed E-state index contributed by atoms with van der Waals surface area (Å²) < 4.78 is 2.39. The molecule has 1 N–H and O–H groups in total. The normalized spacial score (nSPS) is 19.3. The number of aromatic nitrogens is 2. The molecule has 2 aliphatic rings. The molecule has 1 aromatic heterocycles. The Kier molecular flexibility index (Phi) is 4.29. The van der Waals surface area contributed by atoms with Crippen LogP contribution in [-0.2, 0) is 5.41 Å². The highest BCUT2D eigenvalue weighted by Gasteiger charge is 2.48. The minimum atomic E-state index is -0.200. The van der Waals surface area contributed by atoms with E-state index in [0.717, 1.165) is 12.1 Å². The van der Waals surface area contributed by atoms with E-state index in [-0.39, 0.29) is 24.0 Å². The Balaban J connectivity index is 1.62. The third-order valence-corrected chi connectivity index (χ3v) is 8.54. The van der Waals surface area contributed by atoms with Gasteiger partial charge in [-0.2, -0.15) is 0 Å². The zero-order valence-electron chi connectivity index (χ0n) is 20.4. The van der Waals surface area contributed by atoms with E-state index in [1.54, 1.807) is 0 Å². The van der Waals surface area contributed by atoms with E-state index < -0.39 is 0 Å². The summed E-state index contributed by atoms with van der Waals surface area (Å²) in [6.45, 7) is 7.18. The molecule has 4 aromatic carbocycles. The van der Waals surface area contributed by atoms with E-state index in [1.807, 2.05) is 6.33 Å². The van der Waals surface area contributed by atoms with E-state index in [2.05, 4.69) is 98.1 Å². The molecule has 2 heterocycles. The van der Waals surface area contributed by atoms with E-state index >= 15 is 0 Å². The molecule has 5 aromatic rings. The maximum Gasteiger partial charge on any atom is 0.287 e. The quantitative estimate of drug-likeness (QED) is 0.300. The van der Waals surface area contributed by atoms with Gasteiger partial charge in [0.15, 0.2) is 5.69 Å². The predicted molar refractivity (Wildman–Crippen MR) is 142 cm³/mol. The van der Waals surface area contributed by atoms with Gasteiger partial charge < -0.3 is 5.11 Å². The highest BCUT2D eigenvalue weighted by Crippen LogP contribution is 2.55. The van der Waals surface area contributed by atoms with Crippen LogP contribution in [0.15, 0.2) is 79.1 Å². The predicted octanol–water partition coefficient (Wildman–Crippen LogP) is 6.69. The fourth-order valence-electron chi connectivity index (χ4n) is 6.96. The van der Waals surface area contributed by atoms with E-state index in [0.29, 0.717) is 0 Å². The molecule has 3 heteroatoms. The Bertz CT molecular complexity index is 1670. The molecule has 1 aliphatic heterocycles. The maximum absolute atomic E-state index is 9.96. The lowest BCUT2D eigenvalue weighted by Gasteiger charge is -2.34. The summed E-state index contributed by atoms with van der Waals surface area (Å²) in [4.78, 5) is 5.11. The van der Waals surface area contributed by atoms with Gasteiger partial charge in [0.1, 0.15) is 11.7 Å². The second-order valence-electron chi connectivity index (χ2n) is 10.7. The first-order chi connectivity index (χ1) is 17.0. The summed E-state index contributed by atoms with van der Waals surface area (Å²) in [5, 5.41) is 15.1. The minimum Gasteiger partial charge on any atom is -0.396 e. The van der Waals surface area contributed by atoms with Gasteiger partial charge in [-0.3, -0.25) is 0 Å². The van der Waals surface area contributed by atoms with Crippen LogP contribution < -0.4 is 4.57 Å². The Hall–Kier alpha value is -3.56. The molecule has 0 spiro atoms. The third-order valence-electron chi connectivity index (χ3n) is 8.54. The molecule has 0 saturated heterocycles. The summed E-state index contributed by atoms with van der Waals surface area (Å²) in [5.74, 6) is 0.240. The topological polar surface area (TPSA) is 37.0 Å². The Morgan fingerprint density at radius 1 is 0.857 bits per heavy atom. The number of nitrogens with zero attached hydrogens (tertiary/aromatic N) is 2. The zero-order valence-corrected chi connectivity index (χ0v) is 20.4. The van der Waals surface area contributed by atoms with Gasteiger partial charge in [0.2, 0.25) is 0 Å². The molecule has 35 heavy (non-hydrogen) atoms. The number of benzene rings is 4. The smallest absolute Gasteiger partial charge is 0.287 e. The molecular formula is C32H29N2O+. The molecule has 0 fully saturated rings. The van der Waals surface area contributed by atoms with E-state index in [9.17, 15) is 5.11 Å². The van der Waals surface area contributed by atoms with E-state index in [4.69, 9.17) is 4.98 Å². The molecule has 0 radical (unpaired) electrons. The summed E-state index contributed by atoms with van der Waals surface area (Å²) in [6, 6.07) is 26.7.